The first-order valence-corrected chi connectivity index (χ1v) is 5.22. The number of halogens is 1. The lowest BCUT2D eigenvalue weighted by Gasteiger charge is -2.08. The molecule has 1 rings (SSSR count). The average molecular weight is 261 g/mol. The minimum Gasteiger partial charge on any atom is -0.377 e. The Morgan fingerprint density at radius 3 is 3.00 bits per heavy atom. The zero-order chi connectivity index (χ0) is 10.6. The lowest BCUT2D eigenvalue weighted by atomic mass is 10.5. The summed E-state index contributed by atoms with van der Waals surface area (Å²) in [6.45, 7) is 4.98. The molecule has 0 aromatic carbocycles. The predicted molar refractivity (Wildman–Crippen MR) is 57.3 cm³/mol. The van der Waals surface area contributed by atoms with Gasteiger partial charge in [-0.15, -0.1) is 0 Å². The van der Waals surface area contributed by atoms with Crippen LogP contribution in [-0.2, 0) is 11.3 Å². The molecule has 5 heteroatoms. The van der Waals surface area contributed by atoms with Gasteiger partial charge >= 0.3 is 0 Å². The van der Waals surface area contributed by atoms with Crippen molar-refractivity contribution < 1.29 is 4.74 Å². The van der Waals surface area contributed by atoms with Crippen LogP contribution in [0, 0.1) is 0 Å². The number of hydrogen-bond acceptors (Lipinski definition) is 3. The summed E-state index contributed by atoms with van der Waals surface area (Å²) in [5, 5.41) is 0. The quantitative estimate of drug-likeness (QED) is 0.823. The van der Waals surface area contributed by atoms with E-state index in [2.05, 4.69) is 20.9 Å². The highest BCUT2D eigenvalue weighted by atomic mass is 79.9. The Labute approximate surface area is 91.0 Å². The highest BCUT2D eigenvalue weighted by Gasteiger charge is 2.00. The van der Waals surface area contributed by atoms with E-state index in [1.807, 2.05) is 13.8 Å². The number of rotatable bonds is 4. The molecule has 14 heavy (non-hydrogen) atoms. The zero-order valence-electron chi connectivity index (χ0n) is 8.24. The van der Waals surface area contributed by atoms with Crippen LogP contribution >= 0.6 is 15.9 Å². The van der Waals surface area contributed by atoms with Gasteiger partial charge in [0.05, 0.1) is 25.6 Å². The fourth-order valence-electron chi connectivity index (χ4n) is 0.970. The van der Waals surface area contributed by atoms with E-state index in [0.29, 0.717) is 17.6 Å². The molecule has 78 valence electrons. The minimum absolute atomic E-state index is 0.0765. The van der Waals surface area contributed by atoms with Gasteiger partial charge in [0.25, 0.3) is 5.56 Å². The first-order chi connectivity index (χ1) is 6.61. The Bertz CT molecular complexity index is 349. The van der Waals surface area contributed by atoms with E-state index in [1.165, 1.54) is 17.1 Å². The summed E-state index contributed by atoms with van der Waals surface area (Å²) < 4.78 is 7.33. The second-order valence-corrected chi connectivity index (χ2v) is 4.01. The second kappa shape index (κ2) is 5.26. The number of nitrogens with zero attached hydrogens (tertiary/aromatic N) is 2. The van der Waals surface area contributed by atoms with Crippen molar-refractivity contribution in [2.45, 2.75) is 26.5 Å². The normalized spacial score (nSPS) is 10.9. The molecular formula is C9H13BrN2O2. The van der Waals surface area contributed by atoms with Gasteiger partial charge in [0.1, 0.15) is 4.47 Å². The van der Waals surface area contributed by atoms with Crippen LogP contribution in [0.2, 0.25) is 0 Å². The second-order valence-electron chi connectivity index (χ2n) is 3.16. The Morgan fingerprint density at radius 2 is 2.36 bits per heavy atom. The molecule has 1 heterocycles. The zero-order valence-corrected chi connectivity index (χ0v) is 9.82. The van der Waals surface area contributed by atoms with Crippen molar-refractivity contribution in [1.82, 2.24) is 9.55 Å². The summed E-state index contributed by atoms with van der Waals surface area (Å²) in [6.07, 6.45) is 3.18. The van der Waals surface area contributed by atoms with E-state index in [1.54, 1.807) is 0 Å². The molecule has 0 radical (unpaired) electrons. The van der Waals surface area contributed by atoms with E-state index in [-0.39, 0.29) is 11.7 Å². The van der Waals surface area contributed by atoms with Gasteiger partial charge < -0.3 is 4.74 Å². The summed E-state index contributed by atoms with van der Waals surface area (Å²) in [7, 11) is 0. The van der Waals surface area contributed by atoms with Crippen LogP contribution in [0.15, 0.2) is 21.8 Å². The van der Waals surface area contributed by atoms with Crippen LogP contribution in [0.4, 0.5) is 0 Å². The van der Waals surface area contributed by atoms with Crippen molar-refractivity contribution in [3.05, 3.63) is 27.4 Å². The molecule has 0 aliphatic carbocycles. The van der Waals surface area contributed by atoms with Crippen molar-refractivity contribution in [2.24, 2.45) is 0 Å². The maximum atomic E-state index is 11.5. The highest BCUT2D eigenvalue weighted by molar-refractivity contribution is 9.10. The van der Waals surface area contributed by atoms with E-state index in [4.69, 9.17) is 4.74 Å². The first-order valence-electron chi connectivity index (χ1n) is 4.43. The highest BCUT2D eigenvalue weighted by Crippen LogP contribution is 1.98. The molecule has 0 saturated carbocycles. The fraction of sp³-hybridized carbons (Fsp3) is 0.556. The van der Waals surface area contributed by atoms with Gasteiger partial charge in [0.2, 0.25) is 0 Å². The standard InChI is InChI=1S/C9H13BrN2O2/c1-7(2)14-4-3-12-6-11-5-8(10)9(12)13/h5-7H,3-4H2,1-2H3. The number of hydrogen-bond donors (Lipinski definition) is 0. The summed E-state index contributed by atoms with van der Waals surface area (Å²) in [6, 6.07) is 0. The molecule has 1 aromatic rings. The fourth-order valence-corrected chi connectivity index (χ4v) is 1.32. The molecule has 0 amide bonds. The Balaban J connectivity index is 2.59. The van der Waals surface area contributed by atoms with Crippen LogP contribution in [0.25, 0.3) is 0 Å². The molecule has 0 aliphatic heterocycles. The molecule has 0 spiro atoms. The van der Waals surface area contributed by atoms with E-state index in [0.717, 1.165) is 0 Å². The lowest BCUT2D eigenvalue weighted by Crippen LogP contribution is -2.23. The molecule has 0 aliphatic rings. The number of ether oxygens (including phenoxy) is 1. The summed E-state index contributed by atoms with van der Waals surface area (Å²) >= 11 is 3.13. The van der Waals surface area contributed by atoms with Gasteiger partial charge in [-0.1, -0.05) is 0 Å². The van der Waals surface area contributed by atoms with Crippen molar-refractivity contribution in [2.75, 3.05) is 6.61 Å². The third kappa shape index (κ3) is 3.23. The van der Waals surface area contributed by atoms with Crippen molar-refractivity contribution in [3.8, 4) is 0 Å². The molecule has 0 saturated heterocycles. The molecule has 0 unspecified atom stereocenters. The van der Waals surface area contributed by atoms with Crippen LogP contribution < -0.4 is 5.56 Å². The van der Waals surface area contributed by atoms with Crippen LogP contribution in [-0.4, -0.2) is 22.3 Å². The number of aromatic nitrogens is 2. The molecule has 0 N–H and O–H groups in total. The topological polar surface area (TPSA) is 44.1 Å². The third-order valence-electron chi connectivity index (χ3n) is 1.64. The van der Waals surface area contributed by atoms with Crippen molar-refractivity contribution >= 4 is 15.9 Å². The van der Waals surface area contributed by atoms with E-state index >= 15 is 0 Å². The van der Waals surface area contributed by atoms with Gasteiger partial charge in [0, 0.05) is 6.20 Å². The molecule has 0 bridgehead atoms. The Kier molecular flexibility index (Phi) is 4.28. The van der Waals surface area contributed by atoms with Crippen molar-refractivity contribution in [3.63, 3.8) is 0 Å². The summed E-state index contributed by atoms with van der Waals surface area (Å²) in [5.74, 6) is 0. The average Bonchev–Trinajstić information content (AvgIpc) is 2.12. The van der Waals surface area contributed by atoms with Gasteiger partial charge in [-0.05, 0) is 29.8 Å². The maximum Gasteiger partial charge on any atom is 0.267 e. The SMILES string of the molecule is CC(C)OCCn1cncc(Br)c1=O. The van der Waals surface area contributed by atoms with Gasteiger partial charge in [-0.2, -0.15) is 0 Å². The van der Waals surface area contributed by atoms with Gasteiger partial charge in [-0.25, -0.2) is 4.98 Å². The summed E-state index contributed by atoms with van der Waals surface area (Å²) in [5.41, 5.74) is -0.0765. The first kappa shape index (κ1) is 11.4. The van der Waals surface area contributed by atoms with Crippen LogP contribution in [0.3, 0.4) is 0 Å². The van der Waals surface area contributed by atoms with Crippen LogP contribution in [0.5, 0.6) is 0 Å². The van der Waals surface area contributed by atoms with Crippen LogP contribution in [0.1, 0.15) is 13.8 Å². The monoisotopic (exact) mass is 260 g/mol. The van der Waals surface area contributed by atoms with Crippen molar-refractivity contribution in [1.29, 1.82) is 0 Å². The molecule has 1 aromatic heterocycles. The maximum absolute atomic E-state index is 11.5. The van der Waals surface area contributed by atoms with Gasteiger partial charge in [-0.3, -0.25) is 9.36 Å². The minimum atomic E-state index is -0.0765. The smallest absolute Gasteiger partial charge is 0.267 e. The molecule has 0 fully saturated rings. The molecule has 4 nitrogen and oxygen atoms in total. The Morgan fingerprint density at radius 1 is 1.64 bits per heavy atom. The van der Waals surface area contributed by atoms with E-state index in [9.17, 15) is 4.79 Å². The summed E-state index contributed by atoms with van der Waals surface area (Å²) in [4.78, 5) is 15.4. The van der Waals surface area contributed by atoms with E-state index < -0.39 is 0 Å². The molecule has 0 atom stereocenters. The molecular weight excluding hydrogens is 248 g/mol. The largest absolute Gasteiger partial charge is 0.377 e. The Hall–Kier alpha value is -0.680. The lowest BCUT2D eigenvalue weighted by molar-refractivity contribution is 0.0720. The van der Waals surface area contributed by atoms with Gasteiger partial charge in [0.15, 0.2) is 0 Å². The predicted octanol–water partition coefficient (Wildman–Crippen LogP) is 1.43. The third-order valence-corrected chi connectivity index (χ3v) is 2.19.